The van der Waals surface area contributed by atoms with E-state index in [1.807, 2.05) is 18.2 Å². The summed E-state index contributed by atoms with van der Waals surface area (Å²) in [6, 6.07) is 11.6. The number of anilines is 2. The van der Waals surface area contributed by atoms with Crippen molar-refractivity contribution in [1.29, 1.82) is 0 Å². The van der Waals surface area contributed by atoms with Gasteiger partial charge in [0.05, 0.1) is 12.5 Å². The standard InChI is InChI=1S/C21H22FN3O2/c22-16-6-4-5-14(11-16)19-7-2-1-3-10-25(19)21(27)23-17-8-9-18-15(12-17)13-20(26)24-18/h4-6,8-9,11-12,19H,1-3,7,10,13H2,(H,23,27)(H,24,26)/t19-/m0/s1. The third kappa shape index (κ3) is 3.79. The van der Waals surface area contributed by atoms with Crippen LogP contribution in [-0.2, 0) is 11.2 Å². The molecule has 5 nitrogen and oxygen atoms in total. The van der Waals surface area contributed by atoms with Gasteiger partial charge in [-0.05, 0) is 54.3 Å². The van der Waals surface area contributed by atoms with Crippen LogP contribution in [-0.4, -0.2) is 23.4 Å². The first-order chi connectivity index (χ1) is 13.1. The molecule has 2 N–H and O–H groups in total. The van der Waals surface area contributed by atoms with E-state index in [1.165, 1.54) is 12.1 Å². The van der Waals surface area contributed by atoms with Gasteiger partial charge in [0.1, 0.15) is 5.82 Å². The Morgan fingerprint density at radius 3 is 2.89 bits per heavy atom. The van der Waals surface area contributed by atoms with Crippen LogP contribution < -0.4 is 10.6 Å². The summed E-state index contributed by atoms with van der Waals surface area (Å²) in [6.45, 7) is 0.637. The van der Waals surface area contributed by atoms with Crippen molar-refractivity contribution in [3.05, 3.63) is 59.4 Å². The first-order valence-electron chi connectivity index (χ1n) is 9.36. The fourth-order valence-electron chi connectivity index (χ4n) is 3.91. The second-order valence-electron chi connectivity index (χ2n) is 7.14. The van der Waals surface area contributed by atoms with Crippen molar-refractivity contribution in [3.8, 4) is 0 Å². The summed E-state index contributed by atoms with van der Waals surface area (Å²) < 4.78 is 13.7. The van der Waals surface area contributed by atoms with E-state index in [0.29, 0.717) is 18.7 Å². The number of rotatable bonds is 2. The van der Waals surface area contributed by atoms with Crippen molar-refractivity contribution in [1.82, 2.24) is 4.90 Å². The van der Waals surface area contributed by atoms with Gasteiger partial charge in [-0.3, -0.25) is 4.79 Å². The lowest BCUT2D eigenvalue weighted by Gasteiger charge is -2.30. The molecule has 0 aliphatic carbocycles. The molecule has 4 rings (SSSR count). The lowest BCUT2D eigenvalue weighted by molar-refractivity contribution is -0.115. The number of hydrogen-bond donors (Lipinski definition) is 2. The van der Waals surface area contributed by atoms with Crippen molar-refractivity contribution in [3.63, 3.8) is 0 Å². The second-order valence-corrected chi connectivity index (χ2v) is 7.14. The number of fused-ring (bicyclic) bond motifs is 1. The molecule has 1 fully saturated rings. The molecule has 0 saturated carbocycles. The Morgan fingerprint density at radius 2 is 2.04 bits per heavy atom. The molecular weight excluding hydrogens is 345 g/mol. The van der Waals surface area contributed by atoms with Crippen LogP contribution in [0.15, 0.2) is 42.5 Å². The molecule has 3 amide bonds. The molecule has 1 saturated heterocycles. The summed E-state index contributed by atoms with van der Waals surface area (Å²) in [6.07, 6.45) is 4.15. The maximum absolute atomic E-state index is 13.7. The van der Waals surface area contributed by atoms with E-state index in [0.717, 1.165) is 42.5 Å². The number of likely N-dealkylation sites (tertiary alicyclic amines) is 1. The van der Waals surface area contributed by atoms with E-state index in [4.69, 9.17) is 0 Å². The number of carbonyl (C=O) groups is 2. The smallest absolute Gasteiger partial charge is 0.322 e. The highest BCUT2D eigenvalue weighted by Gasteiger charge is 2.27. The van der Waals surface area contributed by atoms with E-state index < -0.39 is 0 Å². The molecule has 0 radical (unpaired) electrons. The number of hydrogen-bond acceptors (Lipinski definition) is 2. The van der Waals surface area contributed by atoms with Gasteiger partial charge in [0.15, 0.2) is 0 Å². The number of urea groups is 1. The largest absolute Gasteiger partial charge is 0.326 e. The SMILES string of the molecule is O=C1Cc2cc(NC(=O)N3CCCCC[C@H]3c3cccc(F)c3)ccc2N1. The van der Waals surface area contributed by atoms with Crippen LogP contribution in [0.4, 0.5) is 20.6 Å². The van der Waals surface area contributed by atoms with Crippen molar-refractivity contribution >= 4 is 23.3 Å². The van der Waals surface area contributed by atoms with Crippen molar-refractivity contribution in [2.24, 2.45) is 0 Å². The van der Waals surface area contributed by atoms with Gasteiger partial charge in [-0.25, -0.2) is 9.18 Å². The maximum Gasteiger partial charge on any atom is 0.322 e. The van der Waals surface area contributed by atoms with Gasteiger partial charge < -0.3 is 15.5 Å². The summed E-state index contributed by atoms with van der Waals surface area (Å²) in [5.74, 6) is -0.319. The highest BCUT2D eigenvalue weighted by atomic mass is 19.1. The van der Waals surface area contributed by atoms with E-state index in [9.17, 15) is 14.0 Å². The van der Waals surface area contributed by atoms with E-state index in [2.05, 4.69) is 10.6 Å². The van der Waals surface area contributed by atoms with Gasteiger partial charge in [0.25, 0.3) is 0 Å². The Kier molecular flexibility index (Phi) is 4.79. The molecule has 2 aromatic carbocycles. The van der Waals surface area contributed by atoms with Crippen LogP contribution in [0.1, 0.15) is 42.9 Å². The average molecular weight is 367 g/mol. The summed E-state index contributed by atoms with van der Waals surface area (Å²) >= 11 is 0. The minimum Gasteiger partial charge on any atom is -0.326 e. The highest BCUT2D eigenvalue weighted by Crippen LogP contribution is 2.32. The third-order valence-corrected chi connectivity index (χ3v) is 5.23. The van der Waals surface area contributed by atoms with E-state index in [-0.39, 0.29) is 23.8 Å². The van der Waals surface area contributed by atoms with Gasteiger partial charge in [0, 0.05) is 17.9 Å². The van der Waals surface area contributed by atoms with Crippen LogP contribution in [0.5, 0.6) is 0 Å². The molecule has 1 atom stereocenters. The third-order valence-electron chi connectivity index (χ3n) is 5.23. The van der Waals surface area contributed by atoms with Gasteiger partial charge in [0.2, 0.25) is 5.91 Å². The Morgan fingerprint density at radius 1 is 1.15 bits per heavy atom. The molecule has 140 valence electrons. The van der Waals surface area contributed by atoms with Crippen LogP contribution >= 0.6 is 0 Å². The number of nitrogens with zero attached hydrogens (tertiary/aromatic N) is 1. The zero-order valence-corrected chi connectivity index (χ0v) is 15.0. The number of nitrogens with one attached hydrogen (secondary N) is 2. The first-order valence-corrected chi connectivity index (χ1v) is 9.36. The van der Waals surface area contributed by atoms with Crippen LogP contribution in [0.2, 0.25) is 0 Å². The lowest BCUT2D eigenvalue weighted by atomic mass is 10.0. The fourth-order valence-corrected chi connectivity index (χ4v) is 3.91. The summed E-state index contributed by atoms with van der Waals surface area (Å²) in [5.41, 5.74) is 3.18. The zero-order chi connectivity index (χ0) is 18.8. The quantitative estimate of drug-likeness (QED) is 0.823. The summed E-state index contributed by atoms with van der Waals surface area (Å²) in [5, 5.41) is 5.74. The molecule has 2 aliphatic rings. The molecule has 0 aromatic heterocycles. The second kappa shape index (κ2) is 7.39. The minimum absolute atomic E-state index is 0.0350. The molecule has 6 heteroatoms. The first kappa shape index (κ1) is 17.5. The highest BCUT2D eigenvalue weighted by molar-refractivity contribution is 6.00. The van der Waals surface area contributed by atoms with Crippen LogP contribution in [0.25, 0.3) is 0 Å². The fraction of sp³-hybridized carbons (Fsp3) is 0.333. The van der Waals surface area contributed by atoms with E-state index in [1.54, 1.807) is 17.0 Å². The Balaban J connectivity index is 1.55. The molecule has 0 unspecified atom stereocenters. The molecule has 2 heterocycles. The molecule has 27 heavy (non-hydrogen) atoms. The molecule has 2 aliphatic heterocycles. The Labute approximate surface area is 157 Å². The Bertz CT molecular complexity index is 883. The maximum atomic E-state index is 13.7. The molecule has 2 aromatic rings. The summed E-state index contributed by atoms with van der Waals surface area (Å²) in [7, 11) is 0. The Hall–Kier alpha value is -2.89. The average Bonchev–Trinajstić information content (AvgIpc) is 2.86. The zero-order valence-electron chi connectivity index (χ0n) is 15.0. The van der Waals surface area contributed by atoms with Crippen molar-refractivity contribution < 1.29 is 14.0 Å². The number of benzene rings is 2. The predicted molar refractivity (Wildman–Crippen MR) is 102 cm³/mol. The van der Waals surface area contributed by atoms with Crippen molar-refractivity contribution in [2.45, 2.75) is 38.1 Å². The van der Waals surface area contributed by atoms with Crippen LogP contribution in [0.3, 0.4) is 0 Å². The van der Waals surface area contributed by atoms with Crippen LogP contribution in [0, 0.1) is 5.82 Å². The van der Waals surface area contributed by atoms with E-state index >= 15 is 0 Å². The normalized spacial score (nSPS) is 19.2. The number of amides is 3. The van der Waals surface area contributed by atoms with Gasteiger partial charge in [-0.1, -0.05) is 25.0 Å². The minimum atomic E-state index is -0.284. The molecule has 0 spiro atoms. The predicted octanol–water partition coefficient (Wildman–Crippen LogP) is 4.47. The van der Waals surface area contributed by atoms with Gasteiger partial charge >= 0.3 is 6.03 Å². The summed E-state index contributed by atoms with van der Waals surface area (Å²) in [4.78, 5) is 26.3. The molecular formula is C21H22FN3O2. The number of halogens is 1. The lowest BCUT2D eigenvalue weighted by Crippen LogP contribution is -2.38. The van der Waals surface area contributed by atoms with Gasteiger partial charge in [-0.2, -0.15) is 0 Å². The van der Waals surface area contributed by atoms with Gasteiger partial charge in [-0.15, -0.1) is 0 Å². The van der Waals surface area contributed by atoms with Crippen molar-refractivity contribution in [2.75, 3.05) is 17.2 Å². The monoisotopic (exact) mass is 367 g/mol. The topological polar surface area (TPSA) is 61.4 Å². The molecule has 0 bridgehead atoms. The number of carbonyl (C=O) groups excluding carboxylic acids is 2.